The minimum absolute atomic E-state index is 0.194. The van der Waals surface area contributed by atoms with Crippen molar-refractivity contribution in [1.29, 1.82) is 0 Å². The number of aromatic nitrogens is 2. The van der Waals surface area contributed by atoms with Gasteiger partial charge in [0.15, 0.2) is 0 Å². The van der Waals surface area contributed by atoms with Crippen molar-refractivity contribution in [2.45, 2.75) is 26.7 Å². The third kappa shape index (κ3) is 3.80. The Balaban J connectivity index is 1.59. The molecule has 6 heteroatoms. The lowest BCUT2D eigenvalue weighted by Gasteiger charge is -2.31. The zero-order valence-corrected chi connectivity index (χ0v) is 16.8. The number of pyridine rings is 2. The molecule has 0 aliphatic carbocycles. The largest absolute Gasteiger partial charge is 0.357 e. The van der Waals surface area contributed by atoms with E-state index in [1.807, 2.05) is 18.2 Å². The molecule has 0 unspecified atom stereocenters. The molecular formula is C22H23ClN4O. The molecule has 1 aliphatic rings. The summed E-state index contributed by atoms with van der Waals surface area (Å²) in [5.41, 5.74) is 3.15. The summed E-state index contributed by atoms with van der Waals surface area (Å²) < 4.78 is 0. The molecule has 2 aromatic heterocycles. The number of hydrogen-bond donors (Lipinski definition) is 1. The lowest BCUT2D eigenvalue weighted by atomic mass is 9.99. The Labute approximate surface area is 169 Å². The molecule has 1 aromatic carbocycles. The van der Waals surface area contributed by atoms with Crippen molar-refractivity contribution >= 4 is 39.9 Å². The topological polar surface area (TPSA) is 58.1 Å². The average molecular weight is 395 g/mol. The third-order valence-electron chi connectivity index (χ3n) is 5.37. The molecule has 144 valence electrons. The van der Waals surface area contributed by atoms with Gasteiger partial charge in [-0.15, -0.1) is 0 Å². The number of anilines is 2. The van der Waals surface area contributed by atoms with E-state index in [0.29, 0.717) is 11.3 Å². The highest BCUT2D eigenvalue weighted by atomic mass is 35.5. The molecule has 0 bridgehead atoms. The Morgan fingerprint density at radius 2 is 2.00 bits per heavy atom. The third-order valence-corrected chi connectivity index (χ3v) is 5.67. The first-order chi connectivity index (χ1) is 13.5. The number of carbonyl (C=O) groups excluding carboxylic acids is 1. The Hall–Kier alpha value is -2.66. The van der Waals surface area contributed by atoms with Crippen LogP contribution in [-0.4, -0.2) is 29.0 Å². The second-order valence-corrected chi connectivity index (χ2v) is 7.85. The highest BCUT2D eigenvalue weighted by Gasteiger charge is 2.18. The van der Waals surface area contributed by atoms with Crippen LogP contribution in [0.3, 0.4) is 0 Å². The Morgan fingerprint density at radius 3 is 2.75 bits per heavy atom. The van der Waals surface area contributed by atoms with E-state index in [2.05, 4.69) is 35.1 Å². The minimum Gasteiger partial charge on any atom is -0.357 e. The SMILES string of the molecule is Cc1cc(N2CCC(C)CC2)nc2ccc(NC(=O)c3cccnc3Cl)cc12. The van der Waals surface area contributed by atoms with Crippen LogP contribution in [0.25, 0.3) is 10.9 Å². The van der Waals surface area contributed by atoms with E-state index in [4.69, 9.17) is 16.6 Å². The van der Waals surface area contributed by atoms with Crippen LogP contribution in [0.1, 0.15) is 35.7 Å². The van der Waals surface area contributed by atoms with Gasteiger partial charge in [-0.25, -0.2) is 9.97 Å². The molecular weight excluding hydrogens is 372 g/mol. The van der Waals surface area contributed by atoms with Crippen molar-refractivity contribution in [3.63, 3.8) is 0 Å². The molecule has 1 N–H and O–H groups in total. The number of aryl methyl sites for hydroxylation is 1. The lowest BCUT2D eigenvalue weighted by Crippen LogP contribution is -2.33. The van der Waals surface area contributed by atoms with Gasteiger partial charge in [-0.3, -0.25) is 4.79 Å². The van der Waals surface area contributed by atoms with Gasteiger partial charge in [-0.1, -0.05) is 18.5 Å². The fourth-order valence-corrected chi connectivity index (χ4v) is 3.81. The van der Waals surface area contributed by atoms with E-state index in [-0.39, 0.29) is 11.1 Å². The number of fused-ring (bicyclic) bond motifs is 1. The van der Waals surface area contributed by atoms with E-state index >= 15 is 0 Å². The van der Waals surface area contributed by atoms with Crippen LogP contribution in [0.15, 0.2) is 42.6 Å². The number of rotatable bonds is 3. The zero-order chi connectivity index (χ0) is 19.7. The van der Waals surface area contributed by atoms with Crippen molar-refractivity contribution in [2.24, 2.45) is 5.92 Å². The van der Waals surface area contributed by atoms with Gasteiger partial charge in [-0.05, 0) is 67.6 Å². The molecule has 4 rings (SSSR count). The van der Waals surface area contributed by atoms with E-state index in [1.54, 1.807) is 18.3 Å². The fraction of sp³-hybridized carbons (Fsp3) is 0.318. The minimum atomic E-state index is -0.276. The molecule has 3 aromatic rings. The smallest absolute Gasteiger partial charge is 0.258 e. The van der Waals surface area contributed by atoms with Gasteiger partial charge >= 0.3 is 0 Å². The monoisotopic (exact) mass is 394 g/mol. The number of amides is 1. The van der Waals surface area contributed by atoms with Crippen LogP contribution in [0, 0.1) is 12.8 Å². The summed E-state index contributed by atoms with van der Waals surface area (Å²) in [4.78, 5) is 23.7. The summed E-state index contributed by atoms with van der Waals surface area (Å²) in [7, 11) is 0. The van der Waals surface area contributed by atoms with Crippen LogP contribution in [0.4, 0.5) is 11.5 Å². The van der Waals surface area contributed by atoms with Gasteiger partial charge in [0.25, 0.3) is 5.91 Å². The highest BCUT2D eigenvalue weighted by molar-refractivity contribution is 6.33. The maximum absolute atomic E-state index is 12.5. The number of halogens is 1. The van der Waals surface area contributed by atoms with Crippen molar-refractivity contribution in [3.05, 3.63) is 58.9 Å². The Bertz CT molecular complexity index is 1030. The van der Waals surface area contributed by atoms with Gasteiger partial charge < -0.3 is 10.2 Å². The van der Waals surface area contributed by atoms with Crippen molar-refractivity contribution in [1.82, 2.24) is 9.97 Å². The normalized spacial score (nSPS) is 15.0. The van der Waals surface area contributed by atoms with Gasteiger partial charge in [0.05, 0.1) is 11.1 Å². The molecule has 1 saturated heterocycles. The lowest BCUT2D eigenvalue weighted by molar-refractivity contribution is 0.102. The van der Waals surface area contributed by atoms with Crippen LogP contribution in [-0.2, 0) is 0 Å². The molecule has 1 aliphatic heterocycles. The first kappa shape index (κ1) is 18.7. The van der Waals surface area contributed by atoms with Gasteiger partial charge in [0, 0.05) is 30.4 Å². The summed E-state index contributed by atoms with van der Waals surface area (Å²) in [5.74, 6) is 1.55. The Morgan fingerprint density at radius 1 is 1.21 bits per heavy atom. The summed E-state index contributed by atoms with van der Waals surface area (Å²) >= 11 is 6.02. The molecule has 0 atom stereocenters. The van der Waals surface area contributed by atoms with Gasteiger partial charge in [-0.2, -0.15) is 0 Å². The summed E-state index contributed by atoms with van der Waals surface area (Å²) in [5, 5.41) is 4.12. The van der Waals surface area contributed by atoms with Gasteiger partial charge in [0.1, 0.15) is 11.0 Å². The number of nitrogens with zero attached hydrogens (tertiary/aromatic N) is 3. The molecule has 0 spiro atoms. The molecule has 0 saturated carbocycles. The maximum Gasteiger partial charge on any atom is 0.258 e. The van der Waals surface area contributed by atoms with Crippen LogP contribution >= 0.6 is 11.6 Å². The maximum atomic E-state index is 12.5. The number of hydrogen-bond acceptors (Lipinski definition) is 4. The fourth-order valence-electron chi connectivity index (χ4n) is 3.61. The number of nitrogens with one attached hydrogen (secondary N) is 1. The molecule has 0 radical (unpaired) electrons. The first-order valence-corrected chi connectivity index (χ1v) is 9.97. The van der Waals surface area contributed by atoms with Crippen LogP contribution in [0.5, 0.6) is 0 Å². The molecule has 28 heavy (non-hydrogen) atoms. The molecule has 5 nitrogen and oxygen atoms in total. The quantitative estimate of drug-likeness (QED) is 0.629. The molecule has 1 fully saturated rings. The number of benzene rings is 1. The second-order valence-electron chi connectivity index (χ2n) is 7.49. The number of carbonyl (C=O) groups is 1. The summed E-state index contributed by atoms with van der Waals surface area (Å²) in [6.07, 6.45) is 3.98. The standard InChI is InChI=1S/C22H23ClN4O/c1-14-7-10-27(11-8-14)20-12-15(2)18-13-16(5-6-19(18)26-20)25-22(28)17-4-3-9-24-21(17)23/h3-6,9,12-14H,7-8,10-11H2,1-2H3,(H,25,28). The van der Waals surface area contributed by atoms with E-state index in [9.17, 15) is 4.79 Å². The van der Waals surface area contributed by atoms with Crippen molar-refractivity contribution in [2.75, 3.05) is 23.3 Å². The van der Waals surface area contributed by atoms with Crippen LogP contribution < -0.4 is 10.2 Å². The Kier molecular flexibility index (Phi) is 5.18. The predicted octanol–water partition coefficient (Wildman–Crippen LogP) is 5.08. The number of piperidine rings is 1. The van der Waals surface area contributed by atoms with Crippen molar-refractivity contribution in [3.8, 4) is 0 Å². The van der Waals surface area contributed by atoms with E-state index in [1.165, 1.54) is 12.8 Å². The molecule has 1 amide bonds. The van der Waals surface area contributed by atoms with Crippen molar-refractivity contribution < 1.29 is 4.79 Å². The van der Waals surface area contributed by atoms with Gasteiger partial charge in [0.2, 0.25) is 0 Å². The zero-order valence-electron chi connectivity index (χ0n) is 16.1. The first-order valence-electron chi connectivity index (χ1n) is 9.59. The summed E-state index contributed by atoms with van der Waals surface area (Å²) in [6, 6.07) is 11.3. The van der Waals surface area contributed by atoms with E-state index in [0.717, 1.165) is 41.3 Å². The molecule has 3 heterocycles. The predicted molar refractivity (Wildman–Crippen MR) is 114 cm³/mol. The highest BCUT2D eigenvalue weighted by Crippen LogP contribution is 2.28. The second kappa shape index (κ2) is 7.76. The van der Waals surface area contributed by atoms with Crippen LogP contribution in [0.2, 0.25) is 5.15 Å². The summed E-state index contributed by atoms with van der Waals surface area (Å²) in [6.45, 7) is 6.51. The average Bonchev–Trinajstić information content (AvgIpc) is 2.69. The van der Waals surface area contributed by atoms with E-state index < -0.39 is 0 Å².